The van der Waals surface area contributed by atoms with E-state index < -0.39 is 5.60 Å². The third-order valence-corrected chi connectivity index (χ3v) is 4.92. The molecule has 2 rings (SSSR count). The summed E-state index contributed by atoms with van der Waals surface area (Å²) >= 11 is 3.39. The van der Waals surface area contributed by atoms with Crippen molar-refractivity contribution in [3.05, 3.63) is 22.2 Å². The molecule has 0 unspecified atom stereocenters. The smallest absolute Gasteiger partial charge is 0.244 e. The first kappa shape index (κ1) is 14.6. The van der Waals surface area contributed by atoms with Crippen LogP contribution in [-0.4, -0.2) is 39.6 Å². The molecule has 0 bridgehead atoms. The molecule has 0 spiro atoms. The van der Waals surface area contributed by atoms with Gasteiger partial charge in [-0.1, -0.05) is 0 Å². The Labute approximate surface area is 121 Å². The summed E-state index contributed by atoms with van der Waals surface area (Å²) in [7, 11) is 0. The van der Waals surface area contributed by atoms with E-state index in [-0.39, 0.29) is 5.91 Å². The fourth-order valence-electron chi connectivity index (χ4n) is 1.85. The van der Waals surface area contributed by atoms with E-state index in [9.17, 15) is 9.90 Å². The topological polar surface area (TPSA) is 62.2 Å². The highest BCUT2D eigenvalue weighted by atomic mass is 32.2. The number of carbonyl (C=O) groups is 1. The summed E-state index contributed by atoms with van der Waals surface area (Å²) in [6.07, 6.45) is 6.48. The third kappa shape index (κ3) is 4.63. The maximum atomic E-state index is 11.7. The Morgan fingerprint density at radius 3 is 2.95 bits per heavy atom. The number of carbonyl (C=O) groups excluding carboxylic acids is 1. The number of nitrogens with one attached hydrogen (secondary N) is 1. The maximum Gasteiger partial charge on any atom is 0.244 e. The number of aromatic nitrogens is 1. The summed E-state index contributed by atoms with van der Waals surface area (Å²) in [6.45, 7) is 2.26. The summed E-state index contributed by atoms with van der Waals surface area (Å²) in [5, 5.41) is 14.0. The molecular weight excluding hydrogens is 280 g/mol. The first-order chi connectivity index (χ1) is 9.07. The fraction of sp³-hybridized carbons (Fsp3) is 0.538. The van der Waals surface area contributed by atoms with Gasteiger partial charge in [-0.3, -0.25) is 4.79 Å². The van der Waals surface area contributed by atoms with Crippen LogP contribution in [-0.2, 0) is 4.79 Å². The molecule has 0 radical (unpaired) electrons. The number of nitrogens with zero attached hydrogens (tertiary/aromatic N) is 1. The average Bonchev–Trinajstić information content (AvgIpc) is 2.81. The molecule has 4 nitrogen and oxygen atoms in total. The Hall–Kier alpha value is -0.850. The zero-order valence-corrected chi connectivity index (χ0v) is 12.5. The molecule has 1 aliphatic heterocycles. The van der Waals surface area contributed by atoms with Crippen LogP contribution in [0, 0.1) is 6.92 Å². The van der Waals surface area contributed by atoms with Crippen LogP contribution in [0.3, 0.4) is 0 Å². The lowest BCUT2D eigenvalue weighted by atomic mass is 9.97. The van der Waals surface area contributed by atoms with Crippen LogP contribution in [0.1, 0.15) is 22.7 Å². The molecule has 0 atom stereocenters. The van der Waals surface area contributed by atoms with Gasteiger partial charge in [-0.25, -0.2) is 4.98 Å². The molecule has 1 fully saturated rings. The number of aliphatic hydroxyl groups is 1. The fourth-order valence-corrected chi connectivity index (χ4v) is 3.79. The van der Waals surface area contributed by atoms with Crippen molar-refractivity contribution < 1.29 is 9.90 Å². The minimum absolute atomic E-state index is 0.169. The van der Waals surface area contributed by atoms with Crippen molar-refractivity contribution in [2.24, 2.45) is 0 Å². The van der Waals surface area contributed by atoms with Crippen LogP contribution in [0.5, 0.6) is 0 Å². The molecule has 1 saturated heterocycles. The van der Waals surface area contributed by atoms with Crippen molar-refractivity contribution >= 4 is 35.1 Å². The van der Waals surface area contributed by atoms with Crippen molar-refractivity contribution in [1.82, 2.24) is 10.3 Å². The normalized spacial score (nSPS) is 18.6. The van der Waals surface area contributed by atoms with Crippen LogP contribution in [0.25, 0.3) is 6.08 Å². The summed E-state index contributed by atoms with van der Waals surface area (Å²) in [6, 6.07) is 0. The lowest BCUT2D eigenvalue weighted by molar-refractivity contribution is -0.117. The number of aryl methyl sites for hydroxylation is 1. The quantitative estimate of drug-likeness (QED) is 0.833. The van der Waals surface area contributed by atoms with Crippen molar-refractivity contribution in [2.75, 3.05) is 18.1 Å². The van der Waals surface area contributed by atoms with Crippen molar-refractivity contribution in [2.45, 2.75) is 25.4 Å². The first-order valence-corrected chi connectivity index (χ1v) is 8.23. The predicted molar refractivity (Wildman–Crippen MR) is 80.4 cm³/mol. The van der Waals surface area contributed by atoms with E-state index in [1.807, 2.05) is 18.7 Å². The average molecular weight is 298 g/mol. The SMILES string of the molecule is Cc1ncc(C=CC(=O)NCC2(O)CCSCC2)s1. The molecule has 6 heteroatoms. The van der Waals surface area contributed by atoms with E-state index in [4.69, 9.17) is 0 Å². The number of thiazole rings is 1. The van der Waals surface area contributed by atoms with Gasteiger partial charge < -0.3 is 10.4 Å². The Bertz CT molecular complexity index is 465. The number of amides is 1. The minimum Gasteiger partial charge on any atom is -0.388 e. The highest BCUT2D eigenvalue weighted by Crippen LogP contribution is 2.26. The molecule has 19 heavy (non-hydrogen) atoms. The van der Waals surface area contributed by atoms with Gasteiger partial charge in [0.25, 0.3) is 0 Å². The predicted octanol–water partition coefficient (Wildman–Crippen LogP) is 1.84. The largest absolute Gasteiger partial charge is 0.388 e. The Balaban J connectivity index is 1.79. The first-order valence-electron chi connectivity index (χ1n) is 6.26. The van der Waals surface area contributed by atoms with E-state index in [0.717, 1.165) is 34.2 Å². The number of rotatable bonds is 4. The standard InChI is InChI=1S/C13H18N2O2S2/c1-10-14-8-11(19-10)2-3-12(16)15-9-13(17)4-6-18-7-5-13/h2-3,8,17H,4-7,9H2,1H3,(H,15,16). The van der Waals surface area contributed by atoms with Gasteiger partial charge >= 0.3 is 0 Å². The van der Waals surface area contributed by atoms with Gasteiger partial charge in [-0.05, 0) is 37.3 Å². The van der Waals surface area contributed by atoms with Gasteiger partial charge in [0.15, 0.2) is 0 Å². The second-order valence-corrected chi connectivity index (χ2v) is 7.16. The number of thioether (sulfide) groups is 1. The highest BCUT2D eigenvalue weighted by Gasteiger charge is 2.29. The van der Waals surface area contributed by atoms with E-state index >= 15 is 0 Å². The molecule has 0 saturated carbocycles. The second-order valence-electron chi connectivity index (χ2n) is 4.67. The molecule has 104 valence electrons. The van der Waals surface area contributed by atoms with Crippen LogP contribution in [0.4, 0.5) is 0 Å². The zero-order chi connectivity index (χ0) is 13.7. The van der Waals surface area contributed by atoms with Gasteiger partial charge in [-0.2, -0.15) is 11.8 Å². The molecule has 1 amide bonds. The molecule has 0 aliphatic carbocycles. The van der Waals surface area contributed by atoms with E-state index in [1.165, 1.54) is 6.08 Å². The molecule has 1 aliphatic rings. The Kier molecular flexibility index (Phi) is 5.01. The summed E-state index contributed by atoms with van der Waals surface area (Å²) in [5.74, 6) is 1.75. The lowest BCUT2D eigenvalue weighted by Crippen LogP contribution is -2.44. The molecular formula is C13H18N2O2S2. The van der Waals surface area contributed by atoms with Crippen LogP contribution < -0.4 is 5.32 Å². The van der Waals surface area contributed by atoms with Gasteiger partial charge in [0, 0.05) is 23.7 Å². The van der Waals surface area contributed by atoms with Gasteiger partial charge in [0.05, 0.1) is 10.6 Å². The van der Waals surface area contributed by atoms with Gasteiger partial charge in [0.2, 0.25) is 5.91 Å². The summed E-state index contributed by atoms with van der Waals surface area (Å²) < 4.78 is 0. The summed E-state index contributed by atoms with van der Waals surface area (Å²) in [4.78, 5) is 16.8. The monoisotopic (exact) mass is 298 g/mol. The van der Waals surface area contributed by atoms with Crippen LogP contribution >= 0.6 is 23.1 Å². The molecule has 2 heterocycles. The molecule has 1 aromatic rings. The summed E-state index contributed by atoms with van der Waals surface area (Å²) in [5.41, 5.74) is -0.726. The molecule has 2 N–H and O–H groups in total. The van der Waals surface area contributed by atoms with Crippen LogP contribution in [0.2, 0.25) is 0 Å². The maximum absolute atomic E-state index is 11.7. The van der Waals surface area contributed by atoms with E-state index in [2.05, 4.69) is 10.3 Å². The third-order valence-electron chi connectivity index (χ3n) is 3.05. The lowest BCUT2D eigenvalue weighted by Gasteiger charge is -2.31. The highest BCUT2D eigenvalue weighted by molar-refractivity contribution is 7.99. The second kappa shape index (κ2) is 6.54. The van der Waals surface area contributed by atoms with E-state index in [1.54, 1.807) is 23.6 Å². The Morgan fingerprint density at radius 2 is 2.32 bits per heavy atom. The molecule has 1 aromatic heterocycles. The van der Waals surface area contributed by atoms with Gasteiger partial charge in [0.1, 0.15) is 0 Å². The van der Waals surface area contributed by atoms with Crippen LogP contribution in [0.15, 0.2) is 12.3 Å². The van der Waals surface area contributed by atoms with Crippen molar-refractivity contribution in [1.29, 1.82) is 0 Å². The molecule has 0 aromatic carbocycles. The number of hydrogen-bond donors (Lipinski definition) is 2. The van der Waals surface area contributed by atoms with Gasteiger partial charge in [-0.15, -0.1) is 11.3 Å². The zero-order valence-electron chi connectivity index (χ0n) is 10.9. The minimum atomic E-state index is -0.726. The van der Waals surface area contributed by atoms with E-state index in [0.29, 0.717) is 6.54 Å². The Morgan fingerprint density at radius 1 is 1.58 bits per heavy atom. The number of hydrogen-bond acceptors (Lipinski definition) is 5. The van der Waals surface area contributed by atoms with Crippen molar-refractivity contribution in [3.8, 4) is 0 Å². The van der Waals surface area contributed by atoms with Crippen molar-refractivity contribution in [3.63, 3.8) is 0 Å².